The highest BCUT2D eigenvalue weighted by Crippen LogP contribution is 2.45. The molecule has 1 aliphatic rings. The Kier molecular flexibility index (Phi) is 3.54. The van der Waals surface area contributed by atoms with Crippen molar-refractivity contribution in [3.8, 4) is 0 Å². The van der Waals surface area contributed by atoms with Crippen LogP contribution in [-0.4, -0.2) is 28.9 Å². The van der Waals surface area contributed by atoms with E-state index in [1.807, 2.05) is 20.8 Å². The fourth-order valence-electron chi connectivity index (χ4n) is 2.94. The largest absolute Gasteiger partial charge is 0.465 e. The molecule has 0 radical (unpaired) electrons. The van der Waals surface area contributed by atoms with E-state index in [9.17, 15) is 19.1 Å². The molecule has 1 aliphatic heterocycles. The van der Waals surface area contributed by atoms with E-state index in [2.05, 4.69) is 0 Å². The second-order valence-corrected chi connectivity index (χ2v) is 6.22. The van der Waals surface area contributed by atoms with Crippen molar-refractivity contribution in [2.75, 3.05) is 6.54 Å². The van der Waals surface area contributed by atoms with Gasteiger partial charge in [0.1, 0.15) is 12.1 Å². The fraction of sp³-hybridized carbons (Fsp3) is 0.467. The molecule has 0 aliphatic carbocycles. The van der Waals surface area contributed by atoms with Crippen molar-refractivity contribution >= 4 is 12.4 Å². The first-order valence-electron chi connectivity index (χ1n) is 6.50. The highest BCUT2D eigenvalue weighted by molar-refractivity contribution is 5.71. The van der Waals surface area contributed by atoms with Gasteiger partial charge in [-0.05, 0) is 28.7 Å². The molecule has 0 bridgehead atoms. The molecule has 2 rings (SSSR count). The topological polar surface area (TPSA) is 57.6 Å². The Hall–Kier alpha value is -1.91. The van der Waals surface area contributed by atoms with Gasteiger partial charge in [0, 0.05) is 6.54 Å². The lowest BCUT2D eigenvalue weighted by molar-refractivity contribution is -0.110. The van der Waals surface area contributed by atoms with Gasteiger partial charge >= 0.3 is 6.09 Å². The van der Waals surface area contributed by atoms with Crippen molar-refractivity contribution in [3.05, 3.63) is 35.1 Å². The first kappa shape index (κ1) is 14.5. The number of rotatable bonds is 1. The Morgan fingerprint density at radius 2 is 2.05 bits per heavy atom. The molecule has 0 saturated heterocycles. The maximum atomic E-state index is 13.4. The minimum absolute atomic E-state index is 0.0667. The summed E-state index contributed by atoms with van der Waals surface area (Å²) in [6.45, 7) is 5.86. The molecular formula is C15H18FNO3. The maximum Gasteiger partial charge on any atom is 0.407 e. The summed E-state index contributed by atoms with van der Waals surface area (Å²) in [6.07, 6.45) is -0.376. The minimum Gasteiger partial charge on any atom is -0.465 e. The molecule has 1 aromatic rings. The predicted octanol–water partition coefficient (Wildman–Crippen LogP) is 3.19. The molecule has 1 N–H and O–H groups in total. The summed E-state index contributed by atoms with van der Waals surface area (Å²) in [5.41, 5.74) is 0.959. The first-order valence-corrected chi connectivity index (χ1v) is 6.50. The van der Waals surface area contributed by atoms with E-state index in [1.165, 1.54) is 17.0 Å². The monoisotopic (exact) mass is 279 g/mol. The zero-order chi connectivity index (χ0) is 15.1. The van der Waals surface area contributed by atoms with Crippen LogP contribution in [0.2, 0.25) is 0 Å². The lowest BCUT2D eigenvalue weighted by Crippen LogP contribution is -2.46. The zero-order valence-corrected chi connectivity index (χ0v) is 11.8. The number of benzene rings is 1. The van der Waals surface area contributed by atoms with Crippen molar-refractivity contribution in [1.82, 2.24) is 4.90 Å². The lowest BCUT2D eigenvalue weighted by atomic mass is 9.75. The average Bonchev–Trinajstić information content (AvgIpc) is 2.35. The van der Waals surface area contributed by atoms with Crippen LogP contribution >= 0.6 is 0 Å². The van der Waals surface area contributed by atoms with Crippen molar-refractivity contribution in [2.24, 2.45) is 5.41 Å². The molecule has 0 saturated carbocycles. The first-order chi connectivity index (χ1) is 9.25. The van der Waals surface area contributed by atoms with E-state index < -0.39 is 23.9 Å². The second-order valence-electron chi connectivity index (χ2n) is 6.22. The summed E-state index contributed by atoms with van der Waals surface area (Å²) in [5.74, 6) is -1.03. The molecule has 108 valence electrons. The molecule has 2 unspecified atom stereocenters. The van der Waals surface area contributed by atoms with E-state index in [1.54, 1.807) is 6.07 Å². The zero-order valence-electron chi connectivity index (χ0n) is 11.8. The Labute approximate surface area is 117 Å². The van der Waals surface area contributed by atoms with Gasteiger partial charge in [0.05, 0.1) is 12.0 Å². The summed E-state index contributed by atoms with van der Waals surface area (Å²) < 4.78 is 13.4. The number of aldehydes is 1. The Morgan fingerprint density at radius 1 is 1.40 bits per heavy atom. The van der Waals surface area contributed by atoms with Crippen LogP contribution in [-0.2, 0) is 4.79 Å². The molecule has 2 atom stereocenters. The van der Waals surface area contributed by atoms with E-state index in [4.69, 9.17) is 0 Å². The van der Waals surface area contributed by atoms with Gasteiger partial charge in [-0.3, -0.25) is 4.90 Å². The standard InChI is InChI=1S/C15H18FNO3/c1-15(2,3)13-11-5-4-10(16)6-12(11)9(8-18)7-17(13)14(19)20/h4-6,8-9,13H,7H2,1-3H3,(H,19,20). The van der Waals surface area contributed by atoms with E-state index in [0.717, 1.165) is 0 Å². The second kappa shape index (κ2) is 4.89. The molecule has 1 amide bonds. The van der Waals surface area contributed by atoms with E-state index >= 15 is 0 Å². The highest BCUT2D eigenvalue weighted by atomic mass is 19.1. The van der Waals surface area contributed by atoms with Gasteiger partial charge in [-0.1, -0.05) is 26.8 Å². The Morgan fingerprint density at radius 3 is 2.55 bits per heavy atom. The molecule has 0 spiro atoms. The molecule has 1 aromatic carbocycles. The number of carbonyl (C=O) groups excluding carboxylic acids is 1. The number of hydrogen-bond acceptors (Lipinski definition) is 2. The molecular weight excluding hydrogens is 261 g/mol. The van der Waals surface area contributed by atoms with Gasteiger partial charge in [0.2, 0.25) is 0 Å². The van der Waals surface area contributed by atoms with Crippen LogP contribution in [0, 0.1) is 11.2 Å². The molecule has 4 nitrogen and oxygen atoms in total. The van der Waals surface area contributed by atoms with Gasteiger partial charge < -0.3 is 9.90 Å². The summed E-state index contributed by atoms with van der Waals surface area (Å²) in [5, 5.41) is 9.40. The average molecular weight is 279 g/mol. The number of amides is 1. The summed E-state index contributed by atoms with van der Waals surface area (Å²) in [7, 11) is 0. The van der Waals surface area contributed by atoms with Gasteiger partial charge in [-0.25, -0.2) is 9.18 Å². The third kappa shape index (κ3) is 2.40. The Balaban J connectivity index is 2.64. The van der Waals surface area contributed by atoms with Crippen molar-refractivity contribution in [2.45, 2.75) is 32.7 Å². The van der Waals surface area contributed by atoms with Crippen molar-refractivity contribution in [3.63, 3.8) is 0 Å². The van der Waals surface area contributed by atoms with E-state index in [-0.39, 0.29) is 12.0 Å². The predicted molar refractivity (Wildman–Crippen MR) is 72.1 cm³/mol. The third-order valence-electron chi connectivity index (χ3n) is 3.68. The smallest absolute Gasteiger partial charge is 0.407 e. The van der Waals surface area contributed by atoms with E-state index in [0.29, 0.717) is 17.4 Å². The van der Waals surface area contributed by atoms with Gasteiger partial charge in [-0.15, -0.1) is 0 Å². The SMILES string of the molecule is CC(C)(C)C1c2ccc(F)cc2C(C=O)CN1C(=O)O. The Bertz CT molecular complexity index is 551. The van der Waals surface area contributed by atoms with Crippen LogP contribution in [0.5, 0.6) is 0 Å². The molecule has 5 heteroatoms. The maximum absolute atomic E-state index is 13.4. The van der Waals surface area contributed by atoms with Crippen molar-refractivity contribution < 1.29 is 19.1 Å². The molecule has 0 fully saturated rings. The van der Waals surface area contributed by atoms with Crippen LogP contribution in [0.3, 0.4) is 0 Å². The van der Waals surface area contributed by atoms with Gasteiger partial charge in [0.25, 0.3) is 0 Å². The molecule has 0 aromatic heterocycles. The van der Waals surface area contributed by atoms with Crippen LogP contribution in [0.4, 0.5) is 9.18 Å². The fourth-order valence-corrected chi connectivity index (χ4v) is 2.94. The summed E-state index contributed by atoms with van der Waals surface area (Å²) in [4.78, 5) is 24.0. The number of carboxylic acid groups (broad SMARTS) is 1. The molecule has 20 heavy (non-hydrogen) atoms. The number of carbonyl (C=O) groups is 2. The number of fused-ring (bicyclic) bond motifs is 1. The normalized spacial score (nSPS) is 22.3. The quantitative estimate of drug-likeness (QED) is 0.803. The number of hydrogen-bond donors (Lipinski definition) is 1. The van der Waals surface area contributed by atoms with Crippen LogP contribution in [0.25, 0.3) is 0 Å². The minimum atomic E-state index is -1.06. The highest BCUT2D eigenvalue weighted by Gasteiger charge is 2.41. The molecule has 1 heterocycles. The number of halogens is 1. The summed E-state index contributed by atoms with van der Waals surface area (Å²) >= 11 is 0. The number of nitrogens with zero attached hydrogens (tertiary/aromatic N) is 1. The van der Waals surface area contributed by atoms with Gasteiger partial charge in [-0.2, -0.15) is 0 Å². The lowest BCUT2D eigenvalue weighted by Gasteiger charge is -2.44. The van der Waals surface area contributed by atoms with Crippen molar-refractivity contribution in [1.29, 1.82) is 0 Å². The van der Waals surface area contributed by atoms with Crippen LogP contribution in [0.1, 0.15) is 43.9 Å². The van der Waals surface area contributed by atoms with Gasteiger partial charge in [0.15, 0.2) is 0 Å². The third-order valence-corrected chi connectivity index (χ3v) is 3.68. The van der Waals surface area contributed by atoms with Crippen LogP contribution < -0.4 is 0 Å². The van der Waals surface area contributed by atoms with Crippen LogP contribution in [0.15, 0.2) is 18.2 Å². The summed E-state index contributed by atoms with van der Waals surface area (Å²) in [6, 6.07) is 3.84.